The summed E-state index contributed by atoms with van der Waals surface area (Å²) in [6, 6.07) is 9.72. The average Bonchev–Trinajstić information content (AvgIpc) is 2.97. The van der Waals surface area contributed by atoms with Gasteiger partial charge in [-0.2, -0.15) is 5.10 Å². The SMILES string of the molecule is CC(CN)C(C)NC(=O)c1cnn(-c2ccccc2)c1. The van der Waals surface area contributed by atoms with E-state index in [1.807, 2.05) is 44.2 Å². The van der Waals surface area contributed by atoms with E-state index in [1.165, 1.54) is 0 Å². The third kappa shape index (κ3) is 3.24. The van der Waals surface area contributed by atoms with E-state index in [9.17, 15) is 4.79 Å². The van der Waals surface area contributed by atoms with Gasteiger partial charge in [-0.3, -0.25) is 4.79 Å². The molecule has 1 heterocycles. The van der Waals surface area contributed by atoms with Crippen LogP contribution in [-0.4, -0.2) is 28.3 Å². The van der Waals surface area contributed by atoms with E-state index in [0.717, 1.165) is 5.69 Å². The molecule has 2 rings (SSSR count). The summed E-state index contributed by atoms with van der Waals surface area (Å²) in [5.74, 6) is 0.114. The number of hydrogen-bond acceptors (Lipinski definition) is 3. The lowest BCUT2D eigenvalue weighted by molar-refractivity contribution is 0.0929. The van der Waals surface area contributed by atoms with Crippen molar-refractivity contribution in [2.45, 2.75) is 19.9 Å². The Morgan fingerprint density at radius 1 is 1.35 bits per heavy atom. The molecular formula is C15H20N4O. The smallest absolute Gasteiger partial charge is 0.254 e. The number of rotatable bonds is 5. The summed E-state index contributed by atoms with van der Waals surface area (Å²) in [6.45, 7) is 4.51. The minimum atomic E-state index is -0.125. The maximum absolute atomic E-state index is 12.1. The summed E-state index contributed by atoms with van der Waals surface area (Å²) in [7, 11) is 0. The van der Waals surface area contributed by atoms with Gasteiger partial charge in [-0.15, -0.1) is 0 Å². The molecule has 5 nitrogen and oxygen atoms in total. The zero-order valence-corrected chi connectivity index (χ0v) is 11.8. The van der Waals surface area contributed by atoms with Crippen LogP contribution in [0.15, 0.2) is 42.7 Å². The van der Waals surface area contributed by atoms with Crippen molar-refractivity contribution >= 4 is 5.91 Å². The third-order valence-corrected chi connectivity index (χ3v) is 3.45. The van der Waals surface area contributed by atoms with Crippen molar-refractivity contribution < 1.29 is 4.79 Å². The van der Waals surface area contributed by atoms with Gasteiger partial charge < -0.3 is 11.1 Å². The molecule has 0 aliphatic heterocycles. The van der Waals surface area contributed by atoms with Gasteiger partial charge >= 0.3 is 0 Å². The second-order valence-electron chi connectivity index (χ2n) is 4.98. The molecule has 0 aliphatic rings. The number of amides is 1. The van der Waals surface area contributed by atoms with E-state index >= 15 is 0 Å². The van der Waals surface area contributed by atoms with Crippen LogP contribution in [0.3, 0.4) is 0 Å². The molecule has 1 aromatic carbocycles. The molecule has 0 radical (unpaired) electrons. The number of carbonyl (C=O) groups is 1. The minimum Gasteiger partial charge on any atom is -0.349 e. The van der Waals surface area contributed by atoms with Crippen molar-refractivity contribution in [2.24, 2.45) is 11.7 Å². The molecule has 106 valence electrons. The Kier molecular flexibility index (Phi) is 4.53. The Labute approximate surface area is 118 Å². The normalized spacial score (nSPS) is 13.8. The van der Waals surface area contributed by atoms with E-state index in [-0.39, 0.29) is 17.9 Å². The van der Waals surface area contributed by atoms with Crippen LogP contribution in [0.2, 0.25) is 0 Å². The largest absolute Gasteiger partial charge is 0.349 e. The number of carbonyl (C=O) groups excluding carboxylic acids is 1. The van der Waals surface area contributed by atoms with Gasteiger partial charge in [0.25, 0.3) is 5.91 Å². The molecule has 20 heavy (non-hydrogen) atoms. The molecule has 3 N–H and O–H groups in total. The quantitative estimate of drug-likeness (QED) is 0.868. The van der Waals surface area contributed by atoms with Crippen molar-refractivity contribution in [3.63, 3.8) is 0 Å². The first kappa shape index (κ1) is 14.3. The Balaban J connectivity index is 2.07. The first-order chi connectivity index (χ1) is 9.61. The van der Waals surface area contributed by atoms with Gasteiger partial charge in [-0.25, -0.2) is 4.68 Å². The van der Waals surface area contributed by atoms with Crippen LogP contribution >= 0.6 is 0 Å². The molecule has 2 atom stereocenters. The highest BCUT2D eigenvalue weighted by Gasteiger charge is 2.16. The van der Waals surface area contributed by atoms with E-state index < -0.39 is 0 Å². The second kappa shape index (κ2) is 6.34. The van der Waals surface area contributed by atoms with E-state index in [1.54, 1.807) is 17.1 Å². The summed E-state index contributed by atoms with van der Waals surface area (Å²) in [5, 5.41) is 7.15. The lowest BCUT2D eigenvalue weighted by Gasteiger charge is -2.19. The van der Waals surface area contributed by atoms with Crippen LogP contribution in [0, 0.1) is 5.92 Å². The Hall–Kier alpha value is -2.14. The van der Waals surface area contributed by atoms with Crippen molar-refractivity contribution in [3.05, 3.63) is 48.3 Å². The summed E-state index contributed by atoms with van der Waals surface area (Å²) in [4.78, 5) is 12.1. The van der Waals surface area contributed by atoms with E-state index in [0.29, 0.717) is 12.1 Å². The molecule has 0 aliphatic carbocycles. The molecular weight excluding hydrogens is 252 g/mol. The standard InChI is InChI=1S/C15H20N4O/c1-11(8-16)12(2)18-15(20)13-9-17-19(10-13)14-6-4-3-5-7-14/h3-7,9-12H,8,16H2,1-2H3,(H,18,20). The highest BCUT2D eigenvalue weighted by molar-refractivity contribution is 5.93. The van der Waals surface area contributed by atoms with Crippen molar-refractivity contribution in [2.75, 3.05) is 6.54 Å². The maximum atomic E-state index is 12.1. The predicted octanol–water partition coefficient (Wildman–Crippen LogP) is 1.59. The van der Waals surface area contributed by atoms with Gasteiger partial charge in [-0.1, -0.05) is 25.1 Å². The first-order valence-corrected chi connectivity index (χ1v) is 6.73. The number of nitrogens with one attached hydrogen (secondary N) is 1. The molecule has 2 aromatic rings. The van der Waals surface area contributed by atoms with E-state index in [2.05, 4.69) is 10.4 Å². The van der Waals surface area contributed by atoms with Crippen molar-refractivity contribution in [1.29, 1.82) is 0 Å². The molecule has 0 bridgehead atoms. The van der Waals surface area contributed by atoms with Crippen LogP contribution in [0.4, 0.5) is 0 Å². The first-order valence-electron chi connectivity index (χ1n) is 6.73. The van der Waals surface area contributed by atoms with Gasteiger partial charge in [0.2, 0.25) is 0 Å². The average molecular weight is 272 g/mol. The summed E-state index contributed by atoms with van der Waals surface area (Å²) < 4.78 is 1.69. The molecule has 0 fully saturated rings. The molecule has 1 aromatic heterocycles. The fourth-order valence-electron chi connectivity index (χ4n) is 1.80. The number of para-hydroxylation sites is 1. The van der Waals surface area contributed by atoms with Crippen molar-refractivity contribution in [1.82, 2.24) is 15.1 Å². The van der Waals surface area contributed by atoms with Crippen LogP contribution in [0.25, 0.3) is 5.69 Å². The number of aromatic nitrogens is 2. The molecule has 0 saturated carbocycles. The molecule has 2 unspecified atom stereocenters. The number of benzene rings is 1. The van der Waals surface area contributed by atoms with Gasteiger partial charge in [0.15, 0.2) is 0 Å². The van der Waals surface area contributed by atoms with Crippen LogP contribution in [0.5, 0.6) is 0 Å². The highest BCUT2D eigenvalue weighted by atomic mass is 16.1. The Morgan fingerprint density at radius 3 is 2.70 bits per heavy atom. The fourth-order valence-corrected chi connectivity index (χ4v) is 1.80. The number of nitrogens with zero attached hydrogens (tertiary/aromatic N) is 2. The fraction of sp³-hybridized carbons (Fsp3) is 0.333. The maximum Gasteiger partial charge on any atom is 0.254 e. The minimum absolute atomic E-state index is 0.0348. The lowest BCUT2D eigenvalue weighted by Crippen LogP contribution is -2.39. The number of hydrogen-bond donors (Lipinski definition) is 2. The van der Waals surface area contributed by atoms with Gasteiger partial charge in [0.05, 0.1) is 17.4 Å². The zero-order valence-electron chi connectivity index (χ0n) is 11.8. The second-order valence-corrected chi connectivity index (χ2v) is 4.98. The van der Waals surface area contributed by atoms with Gasteiger partial charge in [-0.05, 0) is 31.5 Å². The van der Waals surface area contributed by atoms with Gasteiger partial charge in [0.1, 0.15) is 0 Å². The van der Waals surface area contributed by atoms with Crippen LogP contribution < -0.4 is 11.1 Å². The molecule has 0 spiro atoms. The molecule has 1 amide bonds. The summed E-state index contributed by atoms with van der Waals surface area (Å²) in [5.41, 5.74) is 7.07. The van der Waals surface area contributed by atoms with Crippen LogP contribution in [0.1, 0.15) is 24.2 Å². The highest BCUT2D eigenvalue weighted by Crippen LogP contribution is 2.08. The molecule has 0 saturated heterocycles. The molecule has 5 heteroatoms. The van der Waals surface area contributed by atoms with Gasteiger partial charge in [0, 0.05) is 12.2 Å². The lowest BCUT2D eigenvalue weighted by atomic mass is 10.0. The Morgan fingerprint density at radius 2 is 2.05 bits per heavy atom. The van der Waals surface area contributed by atoms with Crippen LogP contribution in [-0.2, 0) is 0 Å². The number of nitrogens with two attached hydrogens (primary N) is 1. The third-order valence-electron chi connectivity index (χ3n) is 3.45. The van der Waals surface area contributed by atoms with E-state index in [4.69, 9.17) is 5.73 Å². The Bertz CT molecular complexity index is 564. The zero-order chi connectivity index (χ0) is 14.5. The monoisotopic (exact) mass is 272 g/mol. The predicted molar refractivity (Wildman–Crippen MR) is 78.7 cm³/mol. The summed E-state index contributed by atoms with van der Waals surface area (Å²) >= 11 is 0. The van der Waals surface area contributed by atoms with Crippen molar-refractivity contribution in [3.8, 4) is 5.69 Å². The summed E-state index contributed by atoms with van der Waals surface area (Å²) in [6.07, 6.45) is 3.30. The topological polar surface area (TPSA) is 72.9 Å².